The van der Waals surface area contributed by atoms with Crippen molar-refractivity contribution in [2.45, 2.75) is 13.0 Å². The van der Waals surface area contributed by atoms with Gasteiger partial charge in [-0.05, 0) is 30.8 Å². The third kappa shape index (κ3) is 4.55. The van der Waals surface area contributed by atoms with Crippen LogP contribution in [0.1, 0.15) is 28.0 Å². The Morgan fingerprint density at radius 2 is 2.03 bits per heavy atom. The summed E-state index contributed by atoms with van der Waals surface area (Å²) in [5.74, 6) is 0. The molecule has 0 aliphatic heterocycles. The van der Waals surface area contributed by atoms with Crippen LogP contribution in [0.25, 0.3) is 22.3 Å². The number of aromatic amines is 1. The predicted octanol–water partition coefficient (Wildman–Crippen LogP) is 4.12. The molecule has 2 N–H and O–H groups in total. The Balaban J connectivity index is 0.000000177. The monoisotopic (exact) mass is 397 g/mol. The van der Waals surface area contributed by atoms with Gasteiger partial charge in [-0.15, -0.1) is 0 Å². The summed E-state index contributed by atoms with van der Waals surface area (Å²) in [5, 5.41) is 10.5. The van der Waals surface area contributed by atoms with E-state index in [4.69, 9.17) is 0 Å². The van der Waals surface area contributed by atoms with Gasteiger partial charge < -0.3 is 9.88 Å². The molecule has 3 aromatic heterocycles. The van der Waals surface area contributed by atoms with E-state index in [1.54, 1.807) is 42.2 Å². The van der Waals surface area contributed by atoms with E-state index in [1.165, 1.54) is 6.07 Å². The molecule has 4 rings (SSSR count). The lowest BCUT2D eigenvalue weighted by Crippen LogP contribution is -2.07. The number of alkyl halides is 2. The molecule has 0 aliphatic carbocycles. The van der Waals surface area contributed by atoms with Crippen molar-refractivity contribution in [1.29, 1.82) is 0 Å². The highest BCUT2D eigenvalue weighted by atomic mass is 19.3. The van der Waals surface area contributed by atoms with Crippen LogP contribution in [-0.2, 0) is 13.6 Å². The molecule has 29 heavy (non-hydrogen) atoms. The van der Waals surface area contributed by atoms with Crippen molar-refractivity contribution in [2.75, 3.05) is 7.05 Å². The van der Waals surface area contributed by atoms with Crippen LogP contribution in [-0.4, -0.2) is 33.1 Å². The van der Waals surface area contributed by atoms with Gasteiger partial charge in [0.1, 0.15) is 5.65 Å². The number of nitrogens with zero attached hydrogens (tertiary/aromatic N) is 3. The van der Waals surface area contributed by atoms with Crippen LogP contribution >= 0.6 is 0 Å². The Hall–Kier alpha value is -3.39. The summed E-state index contributed by atoms with van der Waals surface area (Å²) in [6.07, 6.45) is 1.96. The first-order valence-electron chi connectivity index (χ1n) is 8.96. The van der Waals surface area contributed by atoms with Gasteiger partial charge in [-0.25, -0.2) is 13.8 Å². The molecule has 150 valence electrons. The van der Waals surface area contributed by atoms with E-state index in [1.807, 2.05) is 25.2 Å². The van der Waals surface area contributed by atoms with Crippen LogP contribution in [0.15, 0.2) is 54.9 Å². The second kappa shape index (κ2) is 9.20. The number of aryl methyl sites for hydroxylation is 1. The van der Waals surface area contributed by atoms with E-state index >= 15 is 0 Å². The van der Waals surface area contributed by atoms with Crippen molar-refractivity contribution in [2.24, 2.45) is 7.05 Å². The Morgan fingerprint density at radius 3 is 2.69 bits per heavy atom. The zero-order valence-corrected chi connectivity index (χ0v) is 16.1. The molecule has 0 unspecified atom stereocenters. The molecule has 6 nitrogen and oxygen atoms in total. The normalized spacial score (nSPS) is 10.8. The molecule has 0 amide bonds. The predicted molar refractivity (Wildman–Crippen MR) is 108 cm³/mol. The van der Waals surface area contributed by atoms with Gasteiger partial charge in [-0.1, -0.05) is 24.3 Å². The topological polar surface area (TPSA) is 75.6 Å². The van der Waals surface area contributed by atoms with Gasteiger partial charge in [-0.3, -0.25) is 9.89 Å². The average Bonchev–Trinajstić information content (AvgIpc) is 3.37. The quantitative estimate of drug-likeness (QED) is 0.497. The minimum atomic E-state index is -2.38. The van der Waals surface area contributed by atoms with Crippen molar-refractivity contribution in [3.8, 4) is 11.3 Å². The van der Waals surface area contributed by atoms with Crippen molar-refractivity contribution in [1.82, 2.24) is 25.1 Å². The Morgan fingerprint density at radius 1 is 1.24 bits per heavy atom. The molecule has 1 aromatic carbocycles. The number of nitrogens with one attached hydrogen (secondary N) is 2. The lowest BCUT2D eigenvalue weighted by Gasteiger charge is -2.06. The molecule has 0 radical (unpaired) electrons. The number of carbonyl (C=O) groups excluding carboxylic acids is 1. The van der Waals surface area contributed by atoms with Crippen LogP contribution in [0.4, 0.5) is 8.78 Å². The summed E-state index contributed by atoms with van der Waals surface area (Å²) in [5.41, 5.74) is 3.97. The minimum absolute atomic E-state index is 0.117. The van der Waals surface area contributed by atoms with Crippen LogP contribution in [0.5, 0.6) is 0 Å². The number of rotatable bonds is 5. The van der Waals surface area contributed by atoms with Gasteiger partial charge in [-0.2, -0.15) is 5.10 Å². The Bertz CT molecular complexity index is 1090. The van der Waals surface area contributed by atoms with E-state index in [2.05, 4.69) is 20.5 Å². The molecular formula is C21H21F2N5O. The van der Waals surface area contributed by atoms with Crippen molar-refractivity contribution in [3.63, 3.8) is 0 Å². The third-order valence-electron chi connectivity index (χ3n) is 4.49. The molecule has 0 spiro atoms. The van der Waals surface area contributed by atoms with Crippen LogP contribution < -0.4 is 5.32 Å². The van der Waals surface area contributed by atoms with Gasteiger partial charge in [0.05, 0.1) is 17.6 Å². The first kappa shape index (κ1) is 20.3. The highest BCUT2D eigenvalue weighted by molar-refractivity contribution is 5.87. The third-order valence-corrected chi connectivity index (χ3v) is 4.49. The Labute approximate surface area is 166 Å². The number of H-pyrrole nitrogens is 1. The minimum Gasteiger partial charge on any atom is -0.326 e. The number of benzene rings is 1. The highest BCUT2D eigenvalue weighted by Gasteiger charge is 2.10. The van der Waals surface area contributed by atoms with Gasteiger partial charge in [0.2, 0.25) is 0 Å². The zero-order valence-electron chi connectivity index (χ0n) is 16.1. The molecule has 0 aliphatic rings. The molecule has 0 fully saturated rings. The number of fused-ring (bicyclic) bond motifs is 1. The van der Waals surface area contributed by atoms with E-state index in [-0.39, 0.29) is 5.56 Å². The fraction of sp³-hybridized carbons (Fsp3) is 0.190. The molecule has 4 aromatic rings. The zero-order chi connectivity index (χ0) is 20.8. The van der Waals surface area contributed by atoms with E-state index in [9.17, 15) is 13.6 Å². The van der Waals surface area contributed by atoms with Crippen molar-refractivity contribution < 1.29 is 13.6 Å². The van der Waals surface area contributed by atoms with Gasteiger partial charge in [0.15, 0.2) is 6.29 Å². The Kier molecular flexibility index (Phi) is 6.46. The summed E-state index contributed by atoms with van der Waals surface area (Å²) in [6.45, 7) is 0.487. The maximum atomic E-state index is 12.3. The first-order chi connectivity index (χ1) is 14.0. The first-order valence-corrected chi connectivity index (χ1v) is 8.96. The highest BCUT2D eigenvalue weighted by Crippen LogP contribution is 2.23. The second-order valence-electron chi connectivity index (χ2n) is 6.37. The van der Waals surface area contributed by atoms with Gasteiger partial charge >= 0.3 is 0 Å². The number of hydrogen-bond donors (Lipinski definition) is 2. The standard InChI is InChI=1S/C12H10N4O.C9H11F2N/c1-16-10(7-17)4-8-2-3-11(15-12(8)16)9-5-13-14-6-9;1-12-6-7-4-2-3-5-8(7)9(10)11/h2-7H,1H3,(H,13,14);2-5,9,12H,6H2,1H3. The summed E-state index contributed by atoms with van der Waals surface area (Å²) in [7, 11) is 3.57. The molecular weight excluding hydrogens is 376 g/mol. The molecule has 0 saturated carbocycles. The van der Waals surface area contributed by atoms with Crippen molar-refractivity contribution >= 4 is 17.3 Å². The fourth-order valence-corrected chi connectivity index (χ4v) is 2.98. The molecule has 0 atom stereocenters. The number of aromatic nitrogens is 4. The molecule has 0 bridgehead atoms. The summed E-state index contributed by atoms with van der Waals surface area (Å²) < 4.78 is 26.4. The number of hydrogen-bond acceptors (Lipinski definition) is 4. The van der Waals surface area contributed by atoms with Gasteiger partial charge in [0, 0.05) is 36.3 Å². The SMILES string of the molecule is CNCc1ccccc1C(F)F.Cn1c(C=O)cc2ccc(-c3cn[nH]c3)nc21. The lowest BCUT2D eigenvalue weighted by molar-refractivity contribution is 0.111. The fourth-order valence-electron chi connectivity index (χ4n) is 2.98. The molecule has 3 heterocycles. The number of carbonyl (C=O) groups is 1. The number of halogens is 2. The molecule has 8 heteroatoms. The van der Waals surface area contributed by atoms with Gasteiger partial charge in [0.25, 0.3) is 6.43 Å². The number of aldehydes is 1. The van der Waals surface area contributed by atoms with E-state index < -0.39 is 6.43 Å². The second-order valence-corrected chi connectivity index (χ2v) is 6.37. The summed E-state index contributed by atoms with van der Waals surface area (Å²) in [4.78, 5) is 15.4. The lowest BCUT2D eigenvalue weighted by atomic mass is 10.1. The maximum absolute atomic E-state index is 12.3. The smallest absolute Gasteiger partial charge is 0.264 e. The summed E-state index contributed by atoms with van der Waals surface area (Å²) >= 11 is 0. The van der Waals surface area contributed by atoms with E-state index in [0.717, 1.165) is 28.6 Å². The van der Waals surface area contributed by atoms with Crippen LogP contribution in [0.3, 0.4) is 0 Å². The molecule has 0 saturated heterocycles. The van der Waals surface area contributed by atoms with E-state index in [0.29, 0.717) is 17.8 Å². The maximum Gasteiger partial charge on any atom is 0.264 e. The largest absolute Gasteiger partial charge is 0.326 e. The van der Waals surface area contributed by atoms with Crippen LogP contribution in [0, 0.1) is 0 Å². The number of pyridine rings is 1. The van der Waals surface area contributed by atoms with Crippen LogP contribution in [0.2, 0.25) is 0 Å². The summed E-state index contributed by atoms with van der Waals surface area (Å²) in [6, 6.07) is 12.3. The van der Waals surface area contributed by atoms with Crippen molar-refractivity contribution in [3.05, 3.63) is 71.7 Å². The average molecular weight is 397 g/mol.